The highest BCUT2D eigenvalue weighted by molar-refractivity contribution is 8.13. The van der Waals surface area contributed by atoms with E-state index in [9.17, 15) is 13.2 Å². The molecule has 1 aromatic carbocycles. The number of esters is 1. The van der Waals surface area contributed by atoms with E-state index in [-0.39, 0.29) is 10.5 Å². The van der Waals surface area contributed by atoms with Crippen LogP contribution in [0.2, 0.25) is 0 Å². The predicted molar refractivity (Wildman–Crippen MR) is 78.6 cm³/mol. The number of ether oxygens (including phenoxy) is 1. The third-order valence-corrected chi connectivity index (χ3v) is 4.28. The van der Waals surface area contributed by atoms with Crippen LogP contribution in [0.5, 0.6) is 0 Å². The minimum atomic E-state index is -3.87. The average molecular weight is 319 g/mol. The molecule has 0 saturated carbocycles. The minimum absolute atomic E-state index is 0.0278. The second kappa shape index (κ2) is 7.09. The molecule has 0 heterocycles. The summed E-state index contributed by atoms with van der Waals surface area (Å²) in [5, 5.41) is 0. The van der Waals surface area contributed by atoms with Crippen molar-refractivity contribution in [1.82, 2.24) is 0 Å². The first-order valence-electron chi connectivity index (χ1n) is 6.50. The summed E-state index contributed by atoms with van der Waals surface area (Å²) in [6.07, 6.45) is 1.28. The summed E-state index contributed by atoms with van der Waals surface area (Å²) in [7, 11) is 1.51. The summed E-state index contributed by atoms with van der Waals surface area (Å²) >= 11 is 0. The van der Waals surface area contributed by atoms with E-state index in [1.807, 2.05) is 20.8 Å². The third-order valence-electron chi connectivity index (χ3n) is 2.87. The number of carbonyl (C=O) groups excluding carboxylic acids is 1. The molecule has 0 N–H and O–H groups in total. The molecule has 112 valence electrons. The molecule has 0 atom stereocenters. The fourth-order valence-electron chi connectivity index (χ4n) is 1.67. The van der Waals surface area contributed by atoms with E-state index in [2.05, 4.69) is 0 Å². The van der Waals surface area contributed by atoms with Gasteiger partial charge in [-0.2, -0.15) is 0 Å². The molecule has 0 aliphatic carbocycles. The van der Waals surface area contributed by atoms with Crippen molar-refractivity contribution in [3.63, 3.8) is 0 Å². The average Bonchev–Trinajstić information content (AvgIpc) is 2.36. The Labute approximate surface area is 124 Å². The van der Waals surface area contributed by atoms with E-state index in [0.29, 0.717) is 24.5 Å². The summed E-state index contributed by atoms with van der Waals surface area (Å²) in [6.45, 7) is 6.20. The summed E-state index contributed by atoms with van der Waals surface area (Å²) in [4.78, 5) is 11.8. The highest BCUT2D eigenvalue weighted by atomic mass is 35.7. The molecule has 4 nitrogen and oxygen atoms in total. The molecule has 0 saturated heterocycles. The second-order valence-corrected chi connectivity index (χ2v) is 7.47. The van der Waals surface area contributed by atoms with Crippen molar-refractivity contribution in [3.05, 3.63) is 29.3 Å². The Balaban J connectivity index is 2.95. The van der Waals surface area contributed by atoms with Gasteiger partial charge in [0.2, 0.25) is 0 Å². The molecule has 0 aliphatic rings. The molecule has 0 spiro atoms. The van der Waals surface area contributed by atoms with Crippen molar-refractivity contribution < 1.29 is 17.9 Å². The van der Waals surface area contributed by atoms with E-state index in [0.717, 1.165) is 6.42 Å². The van der Waals surface area contributed by atoms with Crippen LogP contribution >= 0.6 is 10.7 Å². The Bertz CT molecular complexity index is 579. The highest BCUT2D eigenvalue weighted by Crippen LogP contribution is 2.22. The van der Waals surface area contributed by atoms with Crippen LogP contribution < -0.4 is 0 Å². The van der Waals surface area contributed by atoms with E-state index in [1.54, 1.807) is 12.1 Å². The topological polar surface area (TPSA) is 60.4 Å². The molecule has 6 heteroatoms. The Morgan fingerprint density at radius 3 is 2.50 bits per heavy atom. The van der Waals surface area contributed by atoms with Gasteiger partial charge >= 0.3 is 5.97 Å². The summed E-state index contributed by atoms with van der Waals surface area (Å²) in [6, 6.07) is 4.43. The Kier molecular flexibility index (Phi) is 6.02. The molecule has 0 aliphatic heterocycles. The Morgan fingerprint density at radius 1 is 1.35 bits per heavy atom. The molecule has 0 amide bonds. The molecule has 0 aromatic heterocycles. The SMILES string of the molecule is CCc1ccc(C(=O)OCCC(C)C)cc1S(=O)(=O)Cl. The van der Waals surface area contributed by atoms with Gasteiger partial charge in [-0.3, -0.25) is 0 Å². The zero-order valence-corrected chi connectivity index (χ0v) is 13.4. The molecule has 0 fully saturated rings. The van der Waals surface area contributed by atoms with Crippen molar-refractivity contribution in [2.45, 2.75) is 38.5 Å². The molecule has 1 rings (SSSR count). The monoisotopic (exact) mass is 318 g/mol. The van der Waals surface area contributed by atoms with E-state index in [1.165, 1.54) is 6.07 Å². The van der Waals surface area contributed by atoms with Gasteiger partial charge in [-0.1, -0.05) is 26.8 Å². The van der Waals surface area contributed by atoms with Crippen LogP contribution in [-0.2, 0) is 20.2 Å². The fraction of sp³-hybridized carbons (Fsp3) is 0.500. The van der Waals surface area contributed by atoms with Gasteiger partial charge in [-0.15, -0.1) is 0 Å². The number of aryl methyl sites for hydroxylation is 1. The maximum Gasteiger partial charge on any atom is 0.338 e. The van der Waals surface area contributed by atoms with Crippen LogP contribution in [0.15, 0.2) is 23.1 Å². The number of halogens is 1. The molecule has 0 bridgehead atoms. The first kappa shape index (κ1) is 17.0. The van der Waals surface area contributed by atoms with Crippen LogP contribution in [0.25, 0.3) is 0 Å². The molecule has 1 aromatic rings. The maximum atomic E-state index is 11.8. The zero-order valence-electron chi connectivity index (χ0n) is 11.8. The lowest BCUT2D eigenvalue weighted by Crippen LogP contribution is -2.09. The van der Waals surface area contributed by atoms with Gasteiger partial charge in [-0.05, 0) is 36.5 Å². The van der Waals surface area contributed by atoms with E-state index >= 15 is 0 Å². The van der Waals surface area contributed by atoms with Gasteiger partial charge < -0.3 is 4.74 Å². The predicted octanol–water partition coefficient (Wildman–Crippen LogP) is 3.38. The van der Waals surface area contributed by atoms with Crippen molar-refractivity contribution in [3.8, 4) is 0 Å². The Hall–Kier alpha value is -1.07. The van der Waals surface area contributed by atoms with Crippen molar-refractivity contribution in [2.75, 3.05) is 6.61 Å². The minimum Gasteiger partial charge on any atom is -0.462 e. The highest BCUT2D eigenvalue weighted by Gasteiger charge is 2.18. The molecular weight excluding hydrogens is 300 g/mol. The lowest BCUT2D eigenvalue weighted by molar-refractivity contribution is 0.0488. The maximum absolute atomic E-state index is 11.8. The zero-order chi connectivity index (χ0) is 15.3. The van der Waals surface area contributed by atoms with Crippen molar-refractivity contribution >= 4 is 25.7 Å². The van der Waals surface area contributed by atoms with Gasteiger partial charge in [0.25, 0.3) is 9.05 Å². The standard InChI is InChI=1S/C14H19ClO4S/c1-4-11-5-6-12(9-13(11)20(15,17)18)14(16)19-8-7-10(2)3/h5-6,9-10H,4,7-8H2,1-3H3. The van der Waals surface area contributed by atoms with E-state index in [4.69, 9.17) is 15.4 Å². The number of carbonyl (C=O) groups is 1. The number of hydrogen-bond acceptors (Lipinski definition) is 4. The van der Waals surface area contributed by atoms with Crippen molar-refractivity contribution in [2.24, 2.45) is 5.92 Å². The quantitative estimate of drug-likeness (QED) is 0.596. The van der Waals surface area contributed by atoms with Gasteiger partial charge in [-0.25, -0.2) is 13.2 Å². The molecule has 0 unspecified atom stereocenters. The van der Waals surface area contributed by atoms with Gasteiger partial charge in [0, 0.05) is 10.7 Å². The molecule has 20 heavy (non-hydrogen) atoms. The lowest BCUT2D eigenvalue weighted by Gasteiger charge is -2.09. The lowest BCUT2D eigenvalue weighted by atomic mass is 10.1. The third kappa shape index (κ3) is 4.80. The number of rotatable bonds is 6. The van der Waals surface area contributed by atoms with Crippen LogP contribution in [0.4, 0.5) is 0 Å². The Morgan fingerprint density at radius 2 is 2.00 bits per heavy atom. The number of benzene rings is 1. The normalized spacial score (nSPS) is 11.7. The van der Waals surface area contributed by atoms with Crippen LogP contribution in [0, 0.1) is 5.92 Å². The van der Waals surface area contributed by atoms with Crippen molar-refractivity contribution in [1.29, 1.82) is 0 Å². The van der Waals surface area contributed by atoms with Crippen LogP contribution in [0.3, 0.4) is 0 Å². The smallest absolute Gasteiger partial charge is 0.338 e. The van der Waals surface area contributed by atoms with Gasteiger partial charge in [0.05, 0.1) is 17.1 Å². The largest absolute Gasteiger partial charge is 0.462 e. The molecule has 0 radical (unpaired) electrons. The molecular formula is C14H19ClO4S. The summed E-state index contributed by atoms with van der Waals surface area (Å²) in [5.41, 5.74) is 0.781. The van der Waals surface area contributed by atoms with E-state index < -0.39 is 15.0 Å². The fourth-order valence-corrected chi connectivity index (χ4v) is 2.90. The first-order chi connectivity index (χ1) is 9.25. The van der Waals surface area contributed by atoms with Crippen LogP contribution in [-0.4, -0.2) is 21.0 Å². The van der Waals surface area contributed by atoms with Gasteiger partial charge in [0.15, 0.2) is 0 Å². The van der Waals surface area contributed by atoms with Gasteiger partial charge in [0.1, 0.15) is 0 Å². The second-order valence-electron chi connectivity index (χ2n) is 4.93. The summed E-state index contributed by atoms with van der Waals surface area (Å²) in [5.74, 6) is -0.0982. The number of hydrogen-bond donors (Lipinski definition) is 0. The summed E-state index contributed by atoms with van der Waals surface area (Å²) < 4.78 is 28.1. The first-order valence-corrected chi connectivity index (χ1v) is 8.81. The van der Waals surface area contributed by atoms with Crippen LogP contribution in [0.1, 0.15) is 43.1 Å².